The zero-order chi connectivity index (χ0) is 20.6. The minimum absolute atomic E-state index is 0.0790. The SMILES string of the molecule is COc1ccc(S(=O)(=O)[C@@H]2CS(=O)(=O)C[C@H]2NCc2ccc3c(c2)OCO3)cc1. The molecule has 4 rings (SSSR count). The fraction of sp³-hybridized carbons (Fsp3) is 0.368. The molecule has 1 N–H and O–H groups in total. The molecule has 1 fully saturated rings. The largest absolute Gasteiger partial charge is 0.497 e. The van der Waals surface area contributed by atoms with Crippen molar-refractivity contribution in [3.8, 4) is 17.2 Å². The molecule has 10 heteroatoms. The molecule has 29 heavy (non-hydrogen) atoms. The van der Waals surface area contributed by atoms with E-state index in [1.165, 1.54) is 19.2 Å². The number of sulfone groups is 2. The van der Waals surface area contributed by atoms with Crippen molar-refractivity contribution in [1.29, 1.82) is 0 Å². The minimum Gasteiger partial charge on any atom is -0.497 e. The molecule has 0 unspecified atom stereocenters. The molecule has 156 valence electrons. The van der Waals surface area contributed by atoms with Gasteiger partial charge in [0, 0.05) is 12.6 Å². The van der Waals surface area contributed by atoms with Crippen LogP contribution in [0.25, 0.3) is 0 Å². The van der Waals surface area contributed by atoms with Crippen molar-refractivity contribution in [3.05, 3.63) is 48.0 Å². The molecular formula is C19H21NO7S2. The van der Waals surface area contributed by atoms with Crippen LogP contribution < -0.4 is 19.5 Å². The molecule has 2 aromatic rings. The van der Waals surface area contributed by atoms with Crippen molar-refractivity contribution in [3.63, 3.8) is 0 Å². The lowest BCUT2D eigenvalue weighted by atomic mass is 10.2. The van der Waals surface area contributed by atoms with E-state index in [4.69, 9.17) is 14.2 Å². The van der Waals surface area contributed by atoms with Gasteiger partial charge in [-0.05, 0) is 42.0 Å². The van der Waals surface area contributed by atoms with Gasteiger partial charge in [0.15, 0.2) is 31.2 Å². The van der Waals surface area contributed by atoms with Crippen molar-refractivity contribution in [2.75, 3.05) is 25.4 Å². The summed E-state index contributed by atoms with van der Waals surface area (Å²) in [5.74, 6) is 1.17. The Bertz CT molecular complexity index is 1110. The van der Waals surface area contributed by atoms with E-state index in [2.05, 4.69) is 5.32 Å². The molecule has 0 bridgehead atoms. The normalized spacial score (nSPS) is 22.5. The molecule has 0 spiro atoms. The summed E-state index contributed by atoms with van der Waals surface area (Å²) < 4.78 is 66.4. The molecule has 0 saturated carbocycles. The van der Waals surface area contributed by atoms with Gasteiger partial charge in [-0.3, -0.25) is 0 Å². The Balaban J connectivity index is 1.54. The zero-order valence-electron chi connectivity index (χ0n) is 15.7. The minimum atomic E-state index is -3.84. The number of ether oxygens (including phenoxy) is 3. The highest BCUT2D eigenvalue weighted by molar-refractivity contribution is 7.96. The first-order valence-electron chi connectivity index (χ1n) is 8.99. The van der Waals surface area contributed by atoms with Crippen LogP contribution in [0.2, 0.25) is 0 Å². The van der Waals surface area contributed by atoms with Crippen LogP contribution in [0.15, 0.2) is 47.4 Å². The second-order valence-electron chi connectivity index (χ2n) is 7.01. The highest BCUT2D eigenvalue weighted by atomic mass is 32.2. The van der Waals surface area contributed by atoms with Gasteiger partial charge in [-0.15, -0.1) is 0 Å². The summed E-state index contributed by atoms with van der Waals surface area (Å²) >= 11 is 0. The first-order valence-corrected chi connectivity index (χ1v) is 12.4. The molecule has 8 nitrogen and oxygen atoms in total. The Kier molecular flexibility index (Phi) is 5.18. The number of nitrogens with one attached hydrogen (secondary N) is 1. The van der Waals surface area contributed by atoms with Crippen molar-refractivity contribution in [2.24, 2.45) is 0 Å². The Hall–Kier alpha value is -2.30. The van der Waals surface area contributed by atoms with Gasteiger partial charge in [0.05, 0.1) is 28.8 Å². The number of fused-ring (bicyclic) bond motifs is 1. The second kappa shape index (κ2) is 7.51. The van der Waals surface area contributed by atoms with Crippen LogP contribution in [0.5, 0.6) is 17.2 Å². The monoisotopic (exact) mass is 439 g/mol. The van der Waals surface area contributed by atoms with Crippen LogP contribution in [-0.4, -0.2) is 53.5 Å². The highest BCUT2D eigenvalue weighted by Crippen LogP contribution is 2.33. The van der Waals surface area contributed by atoms with Crippen molar-refractivity contribution in [1.82, 2.24) is 5.32 Å². The third kappa shape index (κ3) is 4.05. The van der Waals surface area contributed by atoms with Crippen molar-refractivity contribution < 1.29 is 31.0 Å². The standard InChI is InChI=1S/C19H21NO7S2/c1-25-14-3-5-15(6-4-14)29(23,24)19-11-28(21,22)10-16(19)20-9-13-2-7-17-18(8-13)27-12-26-17/h2-8,16,19-20H,9-12H2,1H3/t16-,19-/m1/s1. The van der Waals surface area contributed by atoms with E-state index in [0.29, 0.717) is 23.8 Å². The first-order chi connectivity index (χ1) is 13.8. The number of hydrogen-bond donors (Lipinski definition) is 1. The van der Waals surface area contributed by atoms with Gasteiger partial charge < -0.3 is 19.5 Å². The summed E-state index contributed by atoms with van der Waals surface area (Å²) in [7, 11) is -5.82. The fourth-order valence-corrected chi connectivity index (χ4v) is 8.27. The third-order valence-corrected chi connectivity index (χ3v) is 9.26. The quantitative estimate of drug-likeness (QED) is 0.714. The Morgan fingerprint density at radius 3 is 2.52 bits per heavy atom. The maximum atomic E-state index is 13.1. The number of hydrogen-bond acceptors (Lipinski definition) is 8. The van der Waals surface area contributed by atoms with E-state index in [1.807, 2.05) is 6.07 Å². The predicted molar refractivity (Wildman–Crippen MR) is 106 cm³/mol. The van der Waals surface area contributed by atoms with Crippen LogP contribution in [-0.2, 0) is 26.2 Å². The fourth-order valence-electron chi connectivity index (χ4n) is 3.55. The van der Waals surface area contributed by atoms with Crippen molar-refractivity contribution in [2.45, 2.75) is 22.7 Å². The summed E-state index contributed by atoms with van der Waals surface area (Å²) in [6.45, 7) is 0.473. The summed E-state index contributed by atoms with van der Waals surface area (Å²) in [5.41, 5.74) is 0.846. The van der Waals surface area contributed by atoms with Gasteiger partial charge in [-0.25, -0.2) is 16.8 Å². The summed E-state index contributed by atoms with van der Waals surface area (Å²) in [5, 5.41) is 2.05. The molecule has 2 aliphatic rings. The average Bonchev–Trinajstić information content (AvgIpc) is 3.29. The average molecular weight is 440 g/mol. The van der Waals surface area contributed by atoms with Gasteiger partial charge in [-0.2, -0.15) is 0 Å². The van der Waals surface area contributed by atoms with Gasteiger partial charge in [-0.1, -0.05) is 6.07 Å². The van der Waals surface area contributed by atoms with E-state index in [9.17, 15) is 16.8 Å². The molecular weight excluding hydrogens is 418 g/mol. The number of benzene rings is 2. The lowest BCUT2D eigenvalue weighted by Gasteiger charge is -2.20. The first kappa shape index (κ1) is 20.0. The predicted octanol–water partition coefficient (Wildman–Crippen LogP) is 1.15. The van der Waals surface area contributed by atoms with E-state index in [-0.39, 0.29) is 17.4 Å². The van der Waals surface area contributed by atoms with Gasteiger partial charge in [0.2, 0.25) is 6.79 Å². The molecule has 1 saturated heterocycles. The zero-order valence-corrected chi connectivity index (χ0v) is 17.3. The lowest BCUT2D eigenvalue weighted by Crippen LogP contribution is -2.43. The summed E-state index contributed by atoms with van der Waals surface area (Å²) in [4.78, 5) is 0.0790. The van der Waals surface area contributed by atoms with Crippen LogP contribution in [0, 0.1) is 0 Å². The molecule has 2 aromatic carbocycles. The molecule has 2 aliphatic heterocycles. The molecule has 0 aliphatic carbocycles. The molecule has 2 heterocycles. The second-order valence-corrected chi connectivity index (χ2v) is 11.3. The number of rotatable bonds is 6. The van der Waals surface area contributed by atoms with E-state index < -0.39 is 36.7 Å². The Morgan fingerprint density at radius 1 is 1.07 bits per heavy atom. The maximum absolute atomic E-state index is 13.1. The van der Waals surface area contributed by atoms with Crippen molar-refractivity contribution >= 4 is 19.7 Å². The molecule has 0 aromatic heterocycles. The number of methoxy groups -OCH3 is 1. The lowest BCUT2D eigenvalue weighted by molar-refractivity contribution is 0.174. The Labute approximate surface area is 169 Å². The van der Waals surface area contributed by atoms with Crippen LogP contribution in [0.1, 0.15) is 5.56 Å². The third-order valence-electron chi connectivity index (χ3n) is 5.09. The van der Waals surface area contributed by atoms with Crippen LogP contribution in [0.4, 0.5) is 0 Å². The molecule has 0 radical (unpaired) electrons. The highest BCUT2D eigenvalue weighted by Gasteiger charge is 2.45. The Morgan fingerprint density at radius 2 is 1.79 bits per heavy atom. The summed E-state index contributed by atoms with van der Waals surface area (Å²) in [6, 6.07) is 10.7. The van der Waals surface area contributed by atoms with Gasteiger partial charge >= 0.3 is 0 Å². The van der Waals surface area contributed by atoms with E-state index >= 15 is 0 Å². The molecule has 2 atom stereocenters. The molecule has 0 amide bonds. The van der Waals surface area contributed by atoms with Gasteiger partial charge in [0.1, 0.15) is 5.75 Å². The summed E-state index contributed by atoms with van der Waals surface area (Å²) in [6.07, 6.45) is 0. The maximum Gasteiger partial charge on any atom is 0.231 e. The van der Waals surface area contributed by atoms with E-state index in [1.54, 1.807) is 24.3 Å². The van der Waals surface area contributed by atoms with E-state index in [0.717, 1.165) is 5.56 Å². The van der Waals surface area contributed by atoms with Crippen LogP contribution in [0.3, 0.4) is 0 Å². The van der Waals surface area contributed by atoms with Crippen LogP contribution >= 0.6 is 0 Å². The topological polar surface area (TPSA) is 108 Å². The van der Waals surface area contributed by atoms with Gasteiger partial charge in [0.25, 0.3) is 0 Å². The smallest absolute Gasteiger partial charge is 0.231 e.